The first-order valence-corrected chi connectivity index (χ1v) is 6.82. The highest BCUT2D eigenvalue weighted by atomic mass is 79.9. The number of hydrogen-bond acceptors (Lipinski definition) is 5. The number of rotatable bonds is 5. The number of carbonyl (C=O) groups excluding carboxylic acids is 1. The largest absolute Gasteiger partial charge is 0.469 e. The second kappa shape index (κ2) is 6.51. The van der Waals surface area contributed by atoms with Crippen molar-refractivity contribution in [3.05, 3.63) is 40.5 Å². The molecule has 2 heterocycles. The zero-order chi connectivity index (χ0) is 14.5. The summed E-state index contributed by atoms with van der Waals surface area (Å²) in [6.07, 6.45) is 5.07. The minimum Gasteiger partial charge on any atom is -0.469 e. The van der Waals surface area contributed by atoms with Crippen LogP contribution in [-0.2, 0) is 18.4 Å². The number of esters is 1. The fourth-order valence-corrected chi connectivity index (χ4v) is 1.90. The SMILES string of the molecule is CCOC(=O)c1cc(Br)cnc1OCc1nccn1C. The van der Waals surface area contributed by atoms with Gasteiger partial charge in [-0.25, -0.2) is 14.8 Å². The van der Waals surface area contributed by atoms with Crippen molar-refractivity contribution in [2.75, 3.05) is 6.61 Å². The molecule has 0 aliphatic heterocycles. The van der Waals surface area contributed by atoms with Crippen molar-refractivity contribution in [2.45, 2.75) is 13.5 Å². The average Bonchev–Trinajstić information content (AvgIpc) is 2.83. The first-order chi connectivity index (χ1) is 9.61. The molecule has 0 atom stereocenters. The highest BCUT2D eigenvalue weighted by Gasteiger charge is 2.16. The number of hydrogen-bond donors (Lipinski definition) is 0. The van der Waals surface area contributed by atoms with Crippen molar-refractivity contribution in [2.24, 2.45) is 7.05 Å². The molecule has 2 aromatic heterocycles. The summed E-state index contributed by atoms with van der Waals surface area (Å²) in [5, 5.41) is 0. The third kappa shape index (κ3) is 3.36. The number of nitrogens with zero attached hydrogens (tertiary/aromatic N) is 3. The van der Waals surface area contributed by atoms with Crippen LogP contribution in [0.3, 0.4) is 0 Å². The van der Waals surface area contributed by atoms with Crippen LogP contribution in [-0.4, -0.2) is 27.1 Å². The molecule has 0 unspecified atom stereocenters. The first kappa shape index (κ1) is 14.5. The van der Waals surface area contributed by atoms with Crippen LogP contribution in [0, 0.1) is 0 Å². The summed E-state index contributed by atoms with van der Waals surface area (Å²) in [6, 6.07) is 1.62. The van der Waals surface area contributed by atoms with Crippen molar-refractivity contribution in [1.82, 2.24) is 14.5 Å². The van der Waals surface area contributed by atoms with Gasteiger partial charge in [-0.3, -0.25) is 0 Å². The summed E-state index contributed by atoms with van der Waals surface area (Å²) in [5.74, 6) is 0.510. The van der Waals surface area contributed by atoms with Crippen LogP contribution in [0.5, 0.6) is 5.88 Å². The van der Waals surface area contributed by atoms with Crippen LogP contribution in [0.1, 0.15) is 23.1 Å². The standard InChI is InChI=1S/C13H14BrN3O3/c1-3-19-13(18)10-6-9(14)7-16-12(10)20-8-11-15-4-5-17(11)2/h4-7H,3,8H2,1-2H3. The minimum atomic E-state index is -0.462. The van der Waals surface area contributed by atoms with Gasteiger partial charge in [0.05, 0.1) is 6.61 Å². The Balaban J connectivity index is 2.18. The van der Waals surface area contributed by atoms with Crippen LogP contribution in [0.25, 0.3) is 0 Å². The number of halogens is 1. The van der Waals surface area contributed by atoms with E-state index >= 15 is 0 Å². The molecule has 0 fully saturated rings. The Morgan fingerprint density at radius 2 is 2.25 bits per heavy atom. The number of aryl methyl sites for hydroxylation is 1. The van der Waals surface area contributed by atoms with Gasteiger partial charge in [0.15, 0.2) is 0 Å². The van der Waals surface area contributed by atoms with E-state index in [4.69, 9.17) is 9.47 Å². The van der Waals surface area contributed by atoms with Crippen molar-refractivity contribution in [1.29, 1.82) is 0 Å². The molecule has 0 aliphatic carbocycles. The molecule has 0 N–H and O–H groups in total. The Morgan fingerprint density at radius 3 is 2.90 bits per heavy atom. The summed E-state index contributed by atoms with van der Waals surface area (Å²) in [6.45, 7) is 2.27. The number of imidazole rings is 1. The molecule has 0 aliphatic rings. The highest BCUT2D eigenvalue weighted by molar-refractivity contribution is 9.10. The van der Waals surface area contributed by atoms with Gasteiger partial charge in [-0.2, -0.15) is 0 Å². The fraction of sp³-hybridized carbons (Fsp3) is 0.308. The number of aromatic nitrogens is 3. The van der Waals surface area contributed by atoms with E-state index in [1.54, 1.807) is 25.4 Å². The lowest BCUT2D eigenvalue weighted by atomic mass is 10.3. The van der Waals surface area contributed by atoms with E-state index in [9.17, 15) is 4.79 Å². The van der Waals surface area contributed by atoms with E-state index in [2.05, 4.69) is 25.9 Å². The van der Waals surface area contributed by atoms with Gasteiger partial charge in [0.2, 0.25) is 5.88 Å². The van der Waals surface area contributed by atoms with E-state index < -0.39 is 5.97 Å². The molecule has 0 saturated heterocycles. The lowest BCUT2D eigenvalue weighted by Crippen LogP contribution is -2.10. The van der Waals surface area contributed by atoms with Gasteiger partial charge in [-0.05, 0) is 28.9 Å². The molecule has 0 spiro atoms. The molecule has 6 nitrogen and oxygen atoms in total. The second-order valence-electron chi connectivity index (χ2n) is 3.97. The van der Waals surface area contributed by atoms with E-state index in [0.717, 1.165) is 5.82 Å². The predicted molar refractivity (Wildman–Crippen MR) is 75.4 cm³/mol. The van der Waals surface area contributed by atoms with Crippen molar-refractivity contribution in [3.63, 3.8) is 0 Å². The molecular formula is C13H14BrN3O3. The third-order valence-electron chi connectivity index (χ3n) is 2.57. The topological polar surface area (TPSA) is 66.2 Å². The monoisotopic (exact) mass is 339 g/mol. The molecule has 0 amide bonds. The van der Waals surface area contributed by atoms with Crippen LogP contribution in [0.2, 0.25) is 0 Å². The van der Waals surface area contributed by atoms with Crippen LogP contribution >= 0.6 is 15.9 Å². The summed E-state index contributed by atoms with van der Waals surface area (Å²) in [4.78, 5) is 20.1. The lowest BCUT2D eigenvalue weighted by molar-refractivity contribution is 0.0519. The van der Waals surface area contributed by atoms with E-state index in [1.165, 1.54) is 0 Å². The number of pyridine rings is 1. The van der Waals surface area contributed by atoms with Crippen molar-refractivity contribution < 1.29 is 14.3 Å². The Labute approximate surface area is 124 Å². The average molecular weight is 340 g/mol. The zero-order valence-corrected chi connectivity index (χ0v) is 12.8. The van der Waals surface area contributed by atoms with Crippen molar-refractivity contribution in [3.8, 4) is 5.88 Å². The fourth-order valence-electron chi connectivity index (χ4n) is 1.57. The molecule has 106 valence electrons. The first-order valence-electron chi connectivity index (χ1n) is 6.03. The van der Waals surface area contributed by atoms with Crippen LogP contribution in [0.15, 0.2) is 29.1 Å². The van der Waals surface area contributed by atoms with Gasteiger partial charge in [0, 0.05) is 30.1 Å². The molecule has 7 heteroatoms. The maximum atomic E-state index is 11.9. The smallest absolute Gasteiger partial charge is 0.343 e. The minimum absolute atomic E-state index is 0.227. The summed E-state index contributed by atoms with van der Waals surface area (Å²) in [5.41, 5.74) is 0.287. The van der Waals surface area contributed by atoms with Gasteiger partial charge in [-0.15, -0.1) is 0 Å². The Hall–Kier alpha value is -1.89. The van der Waals surface area contributed by atoms with Crippen LogP contribution < -0.4 is 4.74 Å². The van der Waals surface area contributed by atoms with E-state index in [1.807, 2.05) is 17.8 Å². The summed E-state index contributed by atoms with van der Waals surface area (Å²) >= 11 is 3.27. The van der Waals surface area contributed by atoms with E-state index in [0.29, 0.717) is 11.1 Å². The van der Waals surface area contributed by atoms with Gasteiger partial charge in [0.25, 0.3) is 0 Å². The molecular weight excluding hydrogens is 326 g/mol. The zero-order valence-electron chi connectivity index (χ0n) is 11.2. The van der Waals surface area contributed by atoms with Crippen LogP contribution in [0.4, 0.5) is 0 Å². The molecule has 2 rings (SSSR count). The van der Waals surface area contributed by atoms with Crippen molar-refractivity contribution >= 4 is 21.9 Å². The number of carbonyl (C=O) groups is 1. The van der Waals surface area contributed by atoms with E-state index in [-0.39, 0.29) is 18.1 Å². The third-order valence-corrected chi connectivity index (χ3v) is 3.01. The predicted octanol–water partition coefficient (Wildman–Crippen LogP) is 2.33. The van der Waals surface area contributed by atoms with Gasteiger partial charge < -0.3 is 14.0 Å². The molecule has 2 aromatic rings. The second-order valence-corrected chi connectivity index (χ2v) is 4.89. The Bertz CT molecular complexity index is 613. The molecule has 0 aromatic carbocycles. The Morgan fingerprint density at radius 1 is 1.45 bits per heavy atom. The highest BCUT2D eigenvalue weighted by Crippen LogP contribution is 2.21. The maximum absolute atomic E-state index is 11.9. The maximum Gasteiger partial charge on any atom is 0.343 e. The van der Waals surface area contributed by atoms with Gasteiger partial charge in [0.1, 0.15) is 18.0 Å². The summed E-state index contributed by atoms with van der Waals surface area (Å²) < 4.78 is 13.1. The summed E-state index contributed by atoms with van der Waals surface area (Å²) in [7, 11) is 1.87. The van der Waals surface area contributed by atoms with Gasteiger partial charge >= 0.3 is 5.97 Å². The van der Waals surface area contributed by atoms with Gasteiger partial charge in [-0.1, -0.05) is 0 Å². The molecule has 0 radical (unpaired) electrons. The molecule has 0 bridgehead atoms. The molecule has 0 saturated carbocycles. The quantitative estimate of drug-likeness (QED) is 0.782. The number of ether oxygens (including phenoxy) is 2. The Kier molecular flexibility index (Phi) is 4.73. The normalized spacial score (nSPS) is 10.3. The lowest BCUT2D eigenvalue weighted by Gasteiger charge is -2.10. The molecule has 20 heavy (non-hydrogen) atoms.